The Morgan fingerprint density at radius 1 is 1.38 bits per heavy atom. The Bertz CT molecular complexity index is 545. The SMILES string of the molecule is Cc1ncn(-c2cc(C(N)=S)ccn2)c1C. The number of hydrogen-bond donors (Lipinski definition) is 1. The van der Waals surface area contributed by atoms with Crippen LogP contribution >= 0.6 is 12.2 Å². The van der Waals surface area contributed by atoms with Gasteiger partial charge in [-0.2, -0.15) is 0 Å². The van der Waals surface area contributed by atoms with Crippen LogP contribution in [-0.2, 0) is 0 Å². The Morgan fingerprint density at radius 3 is 2.69 bits per heavy atom. The zero-order chi connectivity index (χ0) is 11.7. The first-order chi connectivity index (χ1) is 7.59. The van der Waals surface area contributed by atoms with Crippen molar-refractivity contribution >= 4 is 17.2 Å². The van der Waals surface area contributed by atoms with E-state index in [1.54, 1.807) is 18.6 Å². The Balaban J connectivity index is 2.52. The molecule has 5 heteroatoms. The number of aryl methyl sites for hydroxylation is 1. The quantitative estimate of drug-likeness (QED) is 0.798. The molecule has 2 N–H and O–H groups in total. The third kappa shape index (κ3) is 1.81. The lowest BCUT2D eigenvalue weighted by atomic mass is 10.2. The second-order valence-electron chi connectivity index (χ2n) is 3.55. The van der Waals surface area contributed by atoms with E-state index in [2.05, 4.69) is 9.97 Å². The predicted molar refractivity (Wildman–Crippen MR) is 66.7 cm³/mol. The zero-order valence-electron chi connectivity index (χ0n) is 9.14. The van der Waals surface area contributed by atoms with Gasteiger partial charge in [-0.3, -0.25) is 4.57 Å². The fourth-order valence-electron chi connectivity index (χ4n) is 1.43. The third-order valence-corrected chi connectivity index (χ3v) is 2.76. The molecule has 0 saturated heterocycles. The summed E-state index contributed by atoms with van der Waals surface area (Å²) in [7, 11) is 0. The summed E-state index contributed by atoms with van der Waals surface area (Å²) in [6.07, 6.45) is 3.44. The molecule has 0 fully saturated rings. The molecule has 0 atom stereocenters. The summed E-state index contributed by atoms with van der Waals surface area (Å²) in [5.74, 6) is 0.781. The van der Waals surface area contributed by atoms with E-state index >= 15 is 0 Å². The molecule has 2 aromatic heterocycles. The van der Waals surface area contributed by atoms with Gasteiger partial charge in [-0.15, -0.1) is 0 Å². The van der Waals surface area contributed by atoms with Gasteiger partial charge in [0, 0.05) is 17.5 Å². The van der Waals surface area contributed by atoms with E-state index in [1.165, 1.54) is 0 Å². The smallest absolute Gasteiger partial charge is 0.138 e. The molecule has 16 heavy (non-hydrogen) atoms. The summed E-state index contributed by atoms with van der Waals surface area (Å²) in [5, 5.41) is 0. The van der Waals surface area contributed by atoms with E-state index in [9.17, 15) is 0 Å². The highest BCUT2D eigenvalue weighted by atomic mass is 32.1. The molecule has 0 amide bonds. The molecule has 4 nitrogen and oxygen atoms in total. The number of nitrogens with zero attached hydrogens (tertiary/aromatic N) is 3. The van der Waals surface area contributed by atoms with Gasteiger partial charge in [0.2, 0.25) is 0 Å². The van der Waals surface area contributed by atoms with E-state index in [0.29, 0.717) is 4.99 Å². The van der Waals surface area contributed by atoms with Gasteiger partial charge in [0.15, 0.2) is 0 Å². The van der Waals surface area contributed by atoms with Crippen LogP contribution in [0.4, 0.5) is 0 Å². The normalized spacial score (nSPS) is 10.4. The van der Waals surface area contributed by atoms with E-state index < -0.39 is 0 Å². The lowest BCUT2D eigenvalue weighted by Gasteiger charge is -2.05. The van der Waals surface area contributed by atoms with Gasteiger partial charge in [0.25, 0.3) is 0 Å². The van der Waals surface area contributed by atoms with E-state index in [1.807, 2.05) is 24.5 Å². The maximum atomic E-state index is 5.58. The molecule has 0 saturated carbocycles. The van der Waals surface area contributed by atoms with Gasteiger partial charge in [0.1, 0.15) is 17.1 Å². The molecule has 0 unspecified atom stereocenters. The van der Waals surface area contributed by atoms with Crippen LogP contribution in [0.1, 0.15) is 17.0 Å². The van der Waals surface area contributed by atoms with Crippen molar-refractivity contribution < 1.29 is 0 Å². The summed E-state index contributed by atoms with van der Waals surface area (Å²) in [6, 6.07) is 3.65. The number of rotatable bonds is 2. The number of pyridine rings is 1. The Hall–Kier alpha value is -1.75. The highest BCUT2D eigenvalue weighted by molar-refractivity contribution is 7.80. The number of hydrogen-bond acceptors (Lipinski definition) is 3. The van der Waals surface area contributed by atoms with E-state index in [-0.39, 0.29) is 0 Å². The van der Waals surface area contributed by atoms with Gasteiger partial charge in [-0.25, -0.2) is 9.97 Å². The summed E-state index contributed by atoms with van der Waals surface area (Å²) in [6.45, 7) is 3.96. The van der Waals surface area contributed by atoms with Crippen molar-refractivity contribution in [2.24, 2.45) is 5.73 Å². The molecule has 0 radical (unpaired) electrons. The van der Waals surface area contributed by atoms with Crippen molar-refractivity contribution in [2.75, 3.05) is 0 Å². The van der Waals surface area contributed by atoms with Crippen molar-refractivity contribution in [3.05, 3.63) is 41.6 Å². The summed E-state index contributed by atoms with van der Waals surface area (Å²) >= 11 is 4.93. The van der Waals surface area contributed by atoms with Crippen LogP contribution in [0.25, 0.3) is 5.82 Å². The van der Waals surface area contributed by atoms with Crippen LogP contribution in [0, 0.1) is 13.8 Å². The minimum absolute atomic E-state index is 0.373. The lowest BCUT2D eigenvalue weighted by Crippen LogP contribution is -2.10. The van der Waals surface area contributed by atoms with Gasteiger partial charge in [-0.05, 0) is 26.0 Å². The molecule has 0 spiro atoms. The summed E-state index contributed by atoms with van der Waals surface area (Å²) in [4.78, 5) is 8.87. The van der Waals surface area contributed by atoms with Crippen molar-refractivity contribution in [1.82, 2.24) is 14.5 Å². The van der Waals surface area contributed by atoms with Crippen LogP contribution in [0.3, 0.4) is 0 Å². The monoisotopic (exact) mass is 232 g/mol. The molecule has 82 valence electrons. The molecule has 0 aliphatic carbocycles. The van der Waals surface area contributed by atoms with Crippen molar-refractivity contribution in [3.8, 4) is 5.82 Å². The summed E-state index contributed by atoms with van der Waals surface area (Å²) < 4.78 is 1.91. The zero-order valence-corrected chi connectivity index (χ0v) is 9.95. The minimum atomic E-state index is 0.373. The highest BCUT2D eigenvalue weighted by Gasteiger charge is 2.06. The molecular formula is C11H12N4S. The molecular weight excluding hydrogens is 220 g/mol. The second-order valence-corrected chi connectivity index (χ2v) is 3.99. The van der Waals surface area contributed by atoms with Crippen LogP contribution in [0.5, 0.6) is 0 Å². The molecule has 2 rings (SSSR count). The maximum absolute atomic E-state index is 5.58. The Kier molecular flexibility index (Phi) is 2.70. The first kappa shape index (κ1) is 10.8. The van der Waals surface area contributed by atoms with E-state index in [0.717, 1.165) is 22.8 Å². The standard InChI is InChI=1S/C11H12N4S/c1-7-8(2)15(6-14-7)10-5-9(11(12)16)3-4-13-10/h3-6H,1-2H3,(H2,12,16). The predicted octanol–water partition coefficient (Wildman–Crippen LogP) is 1.52. The molecule has 0 aliphatic heterocycles. The average molecular weight is 232 g/mol. The van der Waals surface area contributed by atoms with Gasteiger partial charge in [-0.1, -0.05) is 12.2 Å². The van der Waals surface area contributed by atoms with Crippen molar-refractivity contribution in [3.63, 3.8) is 0 Å². The van der Waals surface area contributed by atoms with Crippen LogP contribution < -0.4 is 5.73 Å². The number of imidazole rings is 1. The van der Waals surface area contributed by atoms with Crippen molar-refractivity contribution in [2.45, 2.75) is 13.8 Å². The Morgan fingerprint density at radius 2 is 2.12 bits per heavy atom. The minimum Gasteiger partial charge on any atom is -0.389 e. The van der Waals surface area contributed by atoms with Crippen LogP contribution in [-0.4, -0.2) is 19.5 Å². The average Bonchev–Trinajstić information content (AvgIpc) is 2.60. The molecule has 0 aliphatic rings. The Labute approximate surface area is 99.1 Å². The third-order valence-electron chi connectivity index (χ3n) is 2.53. The maximum Gasteiger partial charge on any atom is 0.138 e. The second kappa shape index (κ2) is 4.02. The van der Waals surface area contributed by atoms with Gasteiger partial charge < -0.3 is 5.73 Å². The highest BCUT2D eigenvalue weighted by Crippen LogP contribution is 2.12. The number of thiocarbonyl (C=S) groups is 1. The van der Waals surface area contributed by atoms with Crippen LogP contribution in [0.15, 0.2) is 24.7 Å². The van der Waals surface area contributed by atoms with Gasteiger partial charge in [0.05, 0.1) is 5.69 Å². The number of aromatic nitrogens is 3. The van der Waals surface area contributed by atoms with Crippen molar-refractivity contribution in [1.29, 1.82) is 0 Å². The largest absolute Gasteiger partial charge is 0.389 e. The van der Waals surface area contributed by atoms with Crippen LogP contribution in [0.2, 0.25) is 0 Å². The van der Waals surface area contributed by atoms with Gasteiger partial charge >= 0.3 is 0 Å². The lowest BCUT2D eigenvalue weighted by molar-refractivity contribution is 0.949. The van der Waals surface area contributed by atoms with E-state index in [4.69, 9.17) is 18.0 Å². The first-order valence-corrected chi connectivity index (χ1v) is 5.27. The number of nitrogens with two attached hydrogens (primary N) is 1. The molecule has 0 bridgehead atoms. The first-order valence-electron chi connectivity index (χ1n) is 4.86. The fraction of sp³-hybridized carbons (Fsp3) is 0.182. The fourth-order valence-corrected chi connectivity index (χ4v) is 1.56. The summed E-state index contributed by atoms with van der Waals surface area (Å²) in [5.41, 5.74) is 8.44. The molecule has 0 aromatic carbocycles. The topological polar surface area (TPSA) is 56.7 Å². The molecule has 2 heterocycles. The molecule has 2 aromatic rings.